The first-order valence-corrected chi connectivity index (χ1v) is 12.0. The smallest absolute Gasteiger partial charge is 0.318 e. The molecule has 0 saturated carbocycles. The van der Waals surface area contributed by atoms with Crippen LogP contribution >= 0.6 is 0 Å². The van der Waals surface area contributed by atoms with E-state index in [4.69, 9.17) is 15.2 Å². The minimum Gasteiger partial charge on any atom is -0.493 e. The number of rotatable bonds is 10. The fourth-order valence-electron chi connectivity index (χ4n) is 3.81. The van der Waals surface area contributed by atoms with Crippen molar-refractivity contribution >= 4 is 29.3 Å². The van der Waals surface area contributed by atoms with Gasteiger partial charge in [0.15, 0.2) is 17.2 Å². The fraction of sp³-hybridized carbons (Fsp3) is 0.0400. The highest BCUT2D eigenvalue weighted by atomic mass is 16.6. The molecule has 2 heterocycles. The van der Waals surface area contributed by atoms with Crippen LogP contribution < -0.4 is 20.6 Å². The van der Waals surface area contributed by atoms with Crippen LogP contribution in [0.3, 0.4) is 0 Å². The number of anilines is 1. The number of nitro benzene ring substituents is 2. The van der Waals surface area contributed by atoms with E-state index in [1.54, 1.807) is 30.3 Å². The molecule has 18 nitrogen and oxygen atoms in total. The van der Waals surface area contributed by atoms with Crippen LogP contribution in [0, 0.1) is 20.2 Å². The molecule has 18 heteroatoms. The molecule has 1 amide bonds. The largest absolute Gasteiger partial charge is 0.493 e. The van der Waals surface area contributed by atoms with Gasteiger partial charge in [-0.05, 0) is 40.1 Å². The predicted molar refractivity (Wildman–Crippen MR) is 147 cm³/mol. The predicted octanol–water partition coefficient (Wildman–Crippen LogP) is 3.28. The minimum absolute atomic E-state index is 0.0439. The molecule has 0 saturated heterocycles. The van der Waals surface area contributed by atoms with Crippen LogP contribution in [0.5, 0.6) is 17.2 Å². The van der Waals surface area contributed by atoms with Gasteiger partial charge >= 0.3 is 5.69 Å². The van der Waals surface area contributed by atoms with E-state index < -0.39 is 27.1 Å². The number of ether oxygens (including phenoxy) is 2. The van der Waals surface area contributed by atoms with E-state index >= 15 is 0 Å². The van der Waals surface area contributed by atoms with Crippen molar-refractivity contribution in [2.24, 2.45) is 5.10 Å². The number of carbonyl (C=O) groups excluding carboxylic acids is 1. The summed E-state index contributed by atoms with van der Waals surface area (Å²) >= 11 is 0. The first-order chi connectivity index (χ1) is 20.8. The zero-order valence-corrected chi connectivity index (χ0v) is 21.8. The number of nitrogen functional groups attached to an aromatic ring is 1. The third-order valence-corrected chi connectivity index (χ3v) is 5.77. The number of benzene rings is 3. The van der Waals surface area contributed by atoms with E-state index in [1.165, 1.54) is 36.2 Å². The summed E-state index contributed by atoms with van der Waals surface area (Å²) in [6.45, 7) is 0. The van der Waals surface area contributed by atoms with Crippen molar-refractivity contribution in [2.75, 3.05) is 12.8 Å². The molecule has 0 radical (unpaired) electrons. The van der Waals surface area contributed by atoms with Crippen molar-refractivity contribution < 1.29 is 28.7 Å². The molecule has 3 aromatic carbocycles. The molecule has 3 N–H and O–H groups in total. The molecular formula is C25H18N10O8. The SMILES string of the molecule is COc1cc(/C=N\NC(=O)c2nnn(-c3nonc3N)c2-c2ccccc2)ccc1Oc1ccc([N+](=O)[O-])cc1[N+](=O)[O-]. The average molecular weight is 586 g/mol. The van der Waals surface area contributed by atoms with Crippen molar-refractivity contribution in [3.63, 3.8) is 0 Å². The molecule has 0 unspecified atom stereocenters. The summed E-state index contributed by atoms with van der Waals surface area (Å²) in [5.41, 5.74) is 8.34. The van der Waals surface area contributed by atoms with Gasteiger partial charge in [-0.25, -0.2) is 10.1 Å². The molecule has 0 spiro atoms. The Kier molecular flexibility index (Phi) is 7.64. The maximum absolute atomic E-state index is 13.1. The third-order valence-electron chi connectivity index (χ3n) is 5.77. The Balaban J connectivity index is 1.36. The van der Waals surface area contributed by atoms with Crippen LogP contribution in [0.25, 0.3) is 17.1 Å². The normalized spacial score (nSPS) is 10.9. The number of non-ortho nitro benzene ring substituents is 1. The summed E-state index contributed by atoms with van der Waals surface area (Å²) < 4.78 is 16.8. The lowest BCUT2D eigenvalue weighted by molar-refractivity contribution is -0.394. The number of nitro groups is 2. The second-order valence-corrected chi connectivity index (χ2v) is 8.42. The van der Waals surface area contributed by atoms with Gasteiger partial charge in [-0.2, -0.15) is 9.78 Å². The maximum Gasteiger partial charge on any atom is 0.318 e. The molecule has 5 aromatic rings. The minimum atomic E-state index is -0.794. The highest BCUT2D eigenvalue weighted by molar-refractivity contribution is 5.98. The molecule has 43 heavy (non-hydrogen) atoms. The summed E-state index contributed by atoms with van der Waals surface area (Å²) in [4.78, 5) is 34.0. The summed E-state index contributed by atoms with van der Waals surface area (Å²) in [6.07, 6.45) is 1.31. The van der Waals surface area contributed by atoms with Crippen LogP contribution in [0.15, 0.2) is 76.5 Å². The van der Waals surface area contributed by atoms with Gasteiger partial charge in [0.05, 0.1) is 29.2 Å². The number of methoxy groups -OCH3 is 1. The van der Waals surface area contributed by atoms with E-state index in [2.05, 4.69) is 35.8 Å². The average Bonchev–Trinajstić information content (AvgIpc) is 3.64. The summed E-state index contributed by atoms with van der Waals surface area (Å²) in [7, 11) is 1.35. The first-order valence-electron chi connectivity index (χ1n) is 12.0. The Bertz CT molecular complexity index is 1870. The van der Waals surface area contributed by atoms with Crippen molar-refractivity contribution in [3.8, 4) is 34.3 Å². The zero-order valence-electron chi connectivity index (χ0n) is 21.8. The number of aromatic nitrogens is 5. The Morgan fingerprint density at radius 3 is 2.47 bits per heavy atom. The van der Waals surface area contributed by atoms with Crippen molar-refractivity contribution in [2.45, 2.75) is 0 Å². The van der Waals surface area contributed by atoms with Gasteiger partial charge in [0.25, 0.3) is 11.6 Å². The second kappa shape index (κ2) is 11.8. The molecule has 0 aliphatic heterocycles. The molecule has 2 aromatic heterocycles. The Hall–Kier alpha value is -6.72. The van der Waals surface area contributed by atoms with E-state index in [1.807, 2.05) is 0 Å². The first kappa shape index (κ1) is 27.8. The fourth-order valence-corrected chi connectivity index (χ4v) is 3.81. The molecule has 0 atom stereocenters. The Labute approximate surface area is 239 Å². The Morgan fingerprint density at radius 1 is 1.02 bits per heavy atom. The monoisotopic (exact) mass is 586 g/mol. The molecule has 0 aliphatic carbocycles. The van der Waals surface area contributed by atoms with Crippen molar-refractivity contribution in [1.29, 1.82) is 0 Å². The van der Waals surface area contributed by atoms with Gasteiger partial charge in [-0.3, -0.25) is 25.0 Å². The summed E-state index contributed by atoms with van der Waals surface area (Å²) in [5.74, 6) is -0.691. The van der Waals surface area contributed by atoms with Gasteiger partial charge in [0, 0.05) is 11.6 Å². The maximum atomic E-state index is 13.1. The summed E-state index contributed by atoms with van der Waals surface area (Å²) in [6, 6.07) is 16.3. The molecular weight excluding hydrogens is 568 g/mol. The number of nitrogens with one attached hydrogen (secondary N) is 1. The highest BCUT2D eigenvalue weighted by Gasteiger charge is 2.25. The molecule has 0 bridgehead atoms. The lowest BCUT2D eigenvalue weighted by atomic mass is 10.1. The molecule has 0 fully saturated rings. The molecule has 216 valence electrons. The number of nitrogens with two attached hydrogens (primary N) is 1. The number of hydrazone groups is 1. The number of hydrogen-bond acceptors (Lipinski definition) is 14. The lowest BCUT2D eigenvalue weighted by Crippen LogP contribution is -2.19. The zero-order chi connectivity index (χ0) is 30.5. The summed E-state index contributed by atoms with van der Waals surface area (Å²) in [5, 5.41) is 41.6. The third kappa shape index (κ3) is 5.77. The van der Waals surface area contributed by atoms with Gasteiger partial charge in [0.2, 0.25) is 17.4 Å². The molecule has 5 rings (SSSR count). The van der Waals surface area contributed by atoms with Gasteiger partial charge in [0.1, 0.15) is 5.69 Å². The number of amides is 1. The number of hydrogen-bond donors (Lipinski definition) is 2. The van der Waals surface area contributed by atoms with E-state index in [0.717, 1.165) is 18.2 Å². The van der Waals surface area contributed by atoms with Gasteiger partial charge in [-0.1, -0.05) is 35.5 Å². The van der Waals surface area contributed by atoms with Crippen molar-refractivity contribution in [1.82, 2.24) is 30.7 Å². The van der Waals surface area contributed by atoms with E-state index in [0.29, 0.717) is 11.1 Å². The van der Waals surface area contributed by atoms with Gasteiger partial charge < -0.3 is 15.2 Å². The molecule has 0 aliphatic rings. The van der Waals surface area contributed by atoms with Crippen LogP contribution in [-0.2, 0) is 0 Å². The Morgan fingerprint density at radius 2 is 1.79 bits per heavy atom. The lowest BCUT2D eigenvalue weighted by Gasteiger charge is -2.11. The highest BCUT2D eigenvalue weighted by Crippen LogP contribution is 2.38. The van der Waals surface area contributed by atoms with Crippen LogP contribution in [0.2, 0.25) is 0 Å². The second-order valence-electron chi connectivity index (χ2n) is 8.42. The van der Waals surface area contributed by atoms with Crippen molar-refractivity contribution in [3.05, 3.63) is 98.2 Å². The topological polar surface area (TPSA) is 242 Å². The quantitative estimate of drug-likeness (QED) is 0.136. The number of nitrogens with zero attached hydrogens (tertiary/aromatic N) is 8. The van der Waals surface area contributed by atoms with E-state index in [9.17, 15) is 25.0 Å². The number of carbonyl (C=O) groups is 1. The van der Waals surface area contributed by atoms with Crippen LogP contribution in [0.1, 0.15) is 16.1 Å². The van der Waals surface area contributed by atoms with E-state index in [-0.39, 0.29) is 40.3 Å². The van der Waals surface area contributed by atoms with Crippen LogP contribution in [-0.4, -0.2) is 54.4 Å². The van der Waals surface area contributed by atoms with Gasteiger partial charge in [-0.15, -0.1) is 5.10 Å². The van der Waals surface area contributed by atoms with Crippen LogP contribution in [0.4, 0.5) is 17.2 Å². The standard InChI is InChI=1S/C25H18N10O8/c1-41-20-11-14(7-9-19(20)42-18-10-8-16(34(37)38)12-17(18)35(39)40)13-27-29-25(36)21-22(15-5-3-2-4-6-15)33(32-28-21)24-23(26)30-43-31-24/h2-13H,1H3,(H2,26,30)(H,29,36)/b27-13-.